The van der Waals surface area contributed by atoms with Gasteiger partial charge in [0.15, 0.2) is 0 Å². The highest BCUT2D eigenvalue weighted by Gasteiger charge is 2.31. The van der Waals surface area contributed by atoms with E-state index < -0.39 is 5.60 Å². The van der Waals surface area contributed by atoms with E-state index in [0.717, 1.165) is 23.3 Å². The van der Waals surface area contributed by atoms with Gasteiger partial charge < -0.3 is 19.9 Å². The van der Waals surface area contributed by atoms with Crippen LogP contribution in [0.3, 0.4) is 0 Å². The van der Waals surface area contributed by atoms with Gasteiger partial charge in [0.05, 0.1) is 11.0 Å². The zero-order chi connectivity index (χ0) is 20.3. The van der Waals surface area contributed by atoms with Crippen molar-refractivity contribution >= 4 is 23.0 Å². The molecule has 0 radical (unpaired) electrons. The van der Waals surface area contributed by atoms with Gasteiger partial charge in [-0.2, -0.15) is 0 Å². The van der Waals surface area contributed by atoms with Crippen LogP contribution in [0.4, 0.5) is 4.79 Å². The van der Waals surface area contributed by atoms with Gasteiger partial charge in [0.2, 0.25) is 5.91 Å². The molecule has 28 heavy (non-hydrogen) atoms. The maximum atomic E-state index is 12.4. The number of nitrogens with one attached hydrogen (secondary N) is 2. The minimum Gasteiger partial charge on any atom is -0.444 e. The Kier molecular flexibility index (Phi) is 5.91. The van der Waals surface area contributed by atoms with Crippen molar-refractivity contribution in [1.82, 2.24) is 20.2 Å². The molecule has 7 nitrogen and oxygen atoms in total. The number of hydrogen-bond acceptors (Lipinski definition) is 4. The molecule has 2 unspecified atom stereocenters. The second kappa shape index (κ2) is 8.20. The highest BCUT2D eigenvalue weighted by Crippen LogP contribution is 2.20. The topological polar surface area (TPSA) is 87.3 Å². The minimum absolute atomic E-state index is 0.0167. The monoisotopic (exact) mass is 386 g/mol. The maximum absolute atomic E-state index is 12.4. The van der Waals surface area contributed by atoms with Crippen LogP contribution in [0.1, 0.15) is 46.4 Å². The summed E-state index contributed by atoms with van der Waals surface area (Å²) >= 11 is 0. The number of benzene rings is 1. The zero-order valence-electron chi connectivity index (χ0n) is 17.1. The van der Waals surface area contributed by atoms with Crippen molar-refractivity contribution in [3.8, 4) is 0 Å². The standard InChI is InChI=1S/C21H30N4O3/c1-14-13-25(20(27)28-21(2,3)4)12-11-15(14)24-19(26)10-9-18-22-16-7-5-6-8-17(16)23-18/h5-8,14-15H,9-13H2,1-4H3,(H,22,23)(H,24,26). The second-order valence-electron chi connectivity index (χ2n) is 8.57. The number of hydrogen-bond donors (Lipinski definition) is 2. The lowest BCUT2D eigenvalue weighted by atomic mass is 9.94. The van der Waals surface area contributed by atoms with Gasteiger partial charge in [0, 0.05) is 32.0 Å². The normalized spacial score (nSPS) is 20.2. The van der Waals surface area contributed by atoms with Gasteiger partial charge in [-0.05, 0) is 45.2 Å². The van der Waals surface area contributed by atoms with Crippen LogP contribution in [0, 0.1) is 5.92 Å². The zero-order valence-corrected chi connectivity index (χ0v) is 17.1. The first-order valence-corrected chi connectivity index (χ1v) is 9.92. The van der Waals surface area contributed by atoms with Crippen LogP contribution < -0.4 is 5.32 Å². The van der Waals surface area contributed by atoms with Crippen molar-refractivity contribution in [2.45, 2.75) is 58.6 Å². The molecule has 7 heteroatoms. The summed E-state index contributed by atoms with van der Waals surface area (Å²) in [5.41, 5.74) is 1.41. The van der Waals surface area contributed by atoms with E-state index in [1.807, 2.05) is 45.0 Å². The van der Waals surface area contributed by atoms with Crippen molar-refractivity contribution in [2.75, 3.05) is 13.1 Å². The fraction of sp³-hybridized carbons (Fsp3) is 0.571. The summed E-state index contributed by atoms with van der Waals surface area (Å²) in [5, 5.41) is 3.12. The summed E-state index contributed by atoms with van der Waals surface area (Å²) < 4.78 is 5.44. The Morgan fingerprint density at radius 3 is 2.75 bits per heavy atom. The summed E-state index contributed by atoms with van der Waals surface area (Å²) in [7, 11) is 0. The lowest BCUT2D eigenvalue weighted by Crippen LogP contribution is -2.52. The van der Waals surface area contributed by atoms with E-state index in [9.17, 15) is 9.59 Å². The molecule has 0 saturated carbocycles. The summed E-state index contributed by atoms with van der Waals surface area (Å²) in [6.45, 7) is 8.83. The first-order chi connectivity index (χ1) is 13.2. The number of imidazole rings is 1. The van der Waals surface area contributed by atoms with Crippen LogP contribution in [-0.2, 0) is 16.0 Å². The SMILES string of the molecule is CC1CN(C(=O)OC(C)(C)C)CCC1NC(=O)CCc1nc2ccccc2[nH]1. The van der Waals surface area contributed by atoms with Crippen molar-refractivity contribution in [3.05, 3.63) is 30.1 Å². The molecule has 2 N–H and O–H groups in total. The van der Waals surface area contributed by atoms with Gasteiger partial charge in [-0.3, -0.25) is 4.79 Å². The Balaban J connectivity index is 1.46. The van der Waals surface area contributed by atoms with Crippen molar-refractivity contribution in [3.63, 3.8) is 0 Å². The predicted molar refractivity (Wildman–Crippen MR) is 108 cm³/mol. The quantitative estimate of drug-likeness (QED) is 0.844. The fourth-order valence-electron chi connectivity index (χ4n) is 3.49. The Bertz CT molecular complexity index is 807. The van der Waals surface area contributed by atoms with E-state index >= 15 is 0 Å². The average molecular weight is 386 g/mol. The van der Waals surface area contributed by atoms with Gasteiger partial charge in [-0.15, -0.1) is 0 Å². The third-order valence-electron chi connectivity index (χ3n) is 4.93. The Hall–Kier alpha value is -2.57. The van der Waals surface area contributed by atoms with E-state index in [0.29, 0.717) is 25.9 Å². The molecule has 152 valence electrons. The van der Waals surface area contributed by atoms with Crippen LogP contribution >= 0.6 is 0 Å². The third kappa shape index (κ3) is 5.24. The average Bonchev–Trinajstić information content (AvgIpc) is 3.03. The molecule has 1 fully saturated rings. The molecule has 2 aromatic rings. The fourth-order valence-corrected chi connectivity index (χ4v) is 3.49. The molecule has 1 aliphatic heterocycles. The Morgan fingerprint density at radius 2 is 2.07 bits per heavy atom. The van der Waals surface area contributed by atoms with Crippen LogP contribution in [0.25, 0.3) is 11.0 Å². The van der Waals surface area contributed by atoms with Gasteiger partial charge in [0.1, 0.15) is 11.4 Å². The molecular formula is C21H30N4O3. The first-order valence-electron chi connectivity index (χ1n) is 9.92. The summed E-state index contributed by atoms with van der Waals surface area (Å²) in [6.07, 6.45) is 1.41. The Morgan fingerprint density at radius 1 is 1.32 bits per heavy atom. The number of H-pyrrole nitrogens is 1. The maximum Gasteiger partial charge on any atom is 0.410 e. The molecule has 0 aliphatic carbocycles. The molecule has 1 aromatic carbocycles. The number of aromatic amines is 1. The number of nitrogens with zero attached hydrogens (tertiary/aromatic N) is 2. The molecule has 2 amide bonds. The molecule has 0 spiro atoms. The molecule has 1 saturated heterocycles. The smallest absolute Gasteiger partial charge is 0.410 e. The number of aryl methyl sites for hydroxylation is 1. The highest BCUT2D eigenvalue weighted by molar-refractivity contribution is 5.77. The van der Waals surface area contributed by atoms with E-state index in [-0.39, 0.29) is 24.0 Å². The summed E-state index contributed by atoms with van der Waals surface area (Å²) in [4.78, 5) is 34.1. The largest absolute Gasteiger partial charge is 0.444 e. The van der Waals surface area contributed by atoms with Gasteiger partial charge in [-0.1, -0.05) is 19.1 Å². The lowest BCUT2D eigenvalue weighted by Gasteiger charge is -2.37. The van der Waals surface area contributed by atoms with Crippen molar-refractivity contribution in [2.24, 2.45) is 5.92 Å². The van der Waals surface area contributed by atoms with Crippen LogP contribution in [-0.4, -0.2) is 51.6 Å². The molecule has 2 heterocycles. The number of carbonyl (C=O) groups excluding carboxylic acids is 2. The third-order valence-corrected chi connectivity index (χ3v) is 4.93. The number of para-hydroxylation sites is 2. The molecular weight excluding hydrogens is 356 g/mol. The second-order valence-corrected chi connectivity index (χ2v) is 8.57. The number of carbonyl (C=O) groups is 2. The summed E-state index contributed by atoms with van der Waals surface area (Å²) in [5.74, 6) is 1.02. The number of rotatable bonds is 4. The summed E-state index contributed by atoms with van der Waals surface area (Å²) in [6, 6.07) is 7.91. The predicted octanol–water partition coefficient (Wildman–Crippen LogP) is 3.26. The Labute approximate surface area is 165 Å². The molecule has 1 aromatic heterocycles. The van der Waals surface area contributed by atoms with Crippen molar-refractivity contribution in [1.29, 1.82) is 0 Å². The van der Waals surface area contributed by atoms with E-state index in [4.69, 9.17) is 4.74 Å². The van der Waals surface area contributed by atoms with E-state index in [2.05, 4.69) is 22.2 Å². The molecule has 3 rings (SSSR count). The first kappa shape index (κ1) is 20.2. The number of fused-ring (bicyclic) bond motifs is 1. The van der Waals surface area contributed by atoms with E-state index in [1.54, 1.807) is 4.90 Å². The number of likely N-dealkylation sites (tertiary alicyclic amines) is 1. The van der Waals surface area contributed by atoms with Crippen LogP contribution in [0.5, 0.6) is 0 Å². The van der Waals surface area contributed by atoms with Crippen LogP contribution in [0.2, 0.25) is 0 Å². The molecule has 0 bridgehead atoms. The van der Waals surface area contributed by atoms with Gasteiger partial charge in [0.25, 0.3) is 0 Å². The van der Waals surface area contributed by atoms with Gasteiger partial charge >= 0.3 is 6.09 Å². The lowest BCUT2D eigenvalue weighted by molar-refractivity contribution is -0.122. The van der Waals surface area contributed by atoms with Crippen LogP contribution in [0.15, 0.2) is 24.3 Å². The molecule has 1 aliphatic rings. The number of amides is 2. The van der Waals surface area contributed by atoms with E-state index in [1.165, 1.54) is 0 Å². The van der Waals surface area contributed by atoms with Crippen molar-refractivity contribution < 1.29 is 14.3 Å². The number of piperidine rings is 1. The van der Waals surface area contributed by atoms with Gasteiger partial charge in [-0.25, -0.2) is 9.78 Å². The molecule has 2 atom stereocenters. The highest BCUT2D eigenvalue weighted by atomic mass is 16.6. The number of aromatic nitrogens is 2. The number of ether oxygens (including phenoxy) is 1. The minimum atomic E-state index is -0.498.